The highest BCUT2D eigenvalue weighted by molar-refractivity contribution is 7.11. The minimum atomic E-state index is -0.537. The number of thiazole rings is 1. The molecule has 0 bridgehead atoms. The maximum atomic E-state index is 10.7. The zero-order chi connectivity index (χ0) is 15.0. The van der Waals surface area contributed by atoms with Crippen LogP contribution in [0.2, 0.25) is 0 Å². The van der Waals surface area contributed by atoms with Gasteiger partial charge in [0.15, 0.2) is 0 Å². The number of hydrogen-bond donors (Lipinski definition) is 2. The average molecular weight is 296 g/mol. The fraction of sp³-hybridized carbons (Fsp3) is 0.812. The normalized spacial score (nSPS) is 27.8. The van der Waals surface area contributed by atoms with Crippen LogP contribution in [0.3, 0.4) is 0 Å². The summed E-state index contributed by atoms with van der Waals surface area (Å²) in [4.78, 5) is 5.93. The molecule has 0 spiro atoms. The first-order chi connectivity index (χ1) is 9.22. The van der Waals surface area contributed by atoms with Gasteiger partial charge < -0.3 is 10.4 Å². The summed E-state index contributed by atoms with van der Waals surface area (Å²) in [7, 11) is 0. The van der Waals surface area contributed by atoms with Crippen molar-refractivity contribution in [1.82, 2.24) is 10.3 Å². The van der Waals surface area contributed by atoms with E-state index in [0.717, 1.165) is 42.3 Å². The van der Waals surface area contributed by atoms with E-state index < -0.39 is 5.60 Å². The molecule has 0 aliphatic heterocycles. The third-order valence-corrected chi connectivity index (χ3v) is 6.02. The molecule has 4 heteroatoms. The smallest absolute Gasteiger partial charge is 0.113 e. The summed E-state index contributed by atoms with van der Waals surface area (Å²) in [5, 5.41) is 15.3. The van der Waals surface area contributed by atoms with Crippen LogP contribution >= 0.6 is 11.3 Å². The number of rotatable bonds is 4. The zero-order valence-corrected chi connectivity index (χ0v) is 14.2. The Morgan fingerprint density at radius 3 is 2.45 bits per heavy atom. The van der Waals surface area contributed by atoms with E-state index in [4.69, 9.17) is 0 Å². The van der Waals surface area contributed by atoms with E-state index in [0.29, 0.717) is 6.54 Å². The maximum absolute atomic E-state index is 10.7. The second-order valence-corrected chi connectivity index (χ2v) is 8.25. The largest absolute Gasteiger partial charge is 0.389 e. The summed E-state index contributed by atoms with van der Waals surface area (Å²) in [5.41, 5.74) is 0.401. The van der Waals surface area contributed by atoms with Crippen LogP contribution < -0.4 is 5.32 Å². The van der Waals surface area contributed by atoms with Crippen LogP contribution in [0.15, 0.2) is 0 Å². The van der Waals surface area contributed by atoms with E-state index in [9.17, 15) is 5.11 Å². The van der Waals surface area contributed by atoms with Crippen LogP contribution in [-0.2, 0) is 5.54 Å². The number of hydrogen-bond acceptors (Lipinski definition) is 4. The Balaban J connectivity index is 1.98. The molecule has 1 saturated carbocycles. The highest BCUT2D eigenvalue weighted by Gasteiger charge is 2.34. The van der Waals surface area contributed by atoms with Gasteiger partial charge in [0.25, 0.3) is 0 Å². The summed E-state index contributed by atoms with van der Waals surface area (Å²) >= 11 is 1.75. The fourth-order valence-corrected chi connectivity index (χ4v) is 3.67. The van der Waals surface area contributed by atoms with Gasteiger partial charge in [-0.1, -0.05) is 6.92 Å². The predicted octanol–water partition coefficient (Wildman–Crippen LogP) is 3.53. The lowest BCUT2D eigenvalue weighted by molar-refractivity contribution is -0.0114. The van der Waals surface area contributed by atoms with E-state index in [1.54, 1.807) is 11.3 Å². The Morgan fingerprint density at radius 1 is 1.35 bits per heavy atom. The van der Waals surface area contributed by atoms with Crippen molar-refractivity contribution in [2.45, 2.75) is 71.4 Å². The van der Waals surface area contributed by atoms with Crippen LogP contribution in [0.5, 0.6) is 0 Å². The first-order valence-electron chi connectivity index (χ1n) is 7.64. The first-order valence-corrected chi connectivity index (χ1v) is 8.45. The van der Waals surface area contributed by atoms with Crippen molar-refractivity contribution in [1.29, 1.82) is 0 Å². The predicted molar refractivity (Wildman–Crippen MR) is 85.2 cm³/mol. The van der Waals surface area contributed by atoms with Gasteiger partial charge in [0.1, 0.15) is 5.01 Å². The summed E-state index contributed by atoms with van der Waals surface area (Å²) in [5.74, 6) is 0.757. The molecule has 1 heterocycles. The Hall–Kier alpha value is -0.450. The zero-order valence-electron chi connectivity index (χ0n) is 13.4. The molecular weight excluding hydrogens is 268 g/mol. The van der Waals surface area contributed by atoms with Crippen molar-refractivity contribution in [2.75, 3.05) is 6.54 Å². The number of aliphatic hydroxyl groups is 1. The van der Waals surface area contributed by atoms with E-state index in [2.05, 4.69) is 44.9 Å². The molecule has 0 radical (unpaired) electrons. The Kier molecular flexibility index (Phi) is 4.57. The number of nitrogens with zero attached hydrogens (tertiary/aromatic N) is 1. The number of nitrogens with one attached hydrogen (secondary N) is 1. The third kappa shape index (κ3) is 3.60. The molecule has 1 aliphatic carbocycles. The van der Waals surface area contributed by atoms with E-state index in [1.165, 1.54) is 4.88 Å². The van der Waals surface area contributed by atoms with Crippen molar-refractivity contribution in [3.8, 4) is 0 Å². The molecule has 1 aromatic rings. The lowest BCUT2D eigenvalue weighted by Crippen LogP contribution is -2.49. The van der Waals surface area contributed by atoms with Crippen molar-refractivity contribution in [2.24, 2.45) is 5.92 Å². The topological polar surface area (TPSA) is 45.2 Å². The van der Waals surface area contributed by atoms with Crippen LogP contribution in [0, 0.1) is 19.8 Å². The van der Waals surface area contributed by atoms with E-state index in [1.807, 2.05) is 0 Å². The van der Waals surface area contributed by atoms with Crippen LogP contribution in [0.1, 0.15) is 62.0 Å². The fourth-order valence-electron chi connectivity index (χ4n) is 2.68. The Labute approximate surface area is 126 Å². The number of aromatic nitrogens is 1. The molecule has 0 saturated heterocycles. The van der Waals surface area contributed by atoms with Crippen LogP contribution in [0.25, 0.3) is 0 Å². The molecule has 2 N–H and O–H groups in total. The molecule has 3 nitrogen and oxygen atoms in total. The molecule has 0 unspecified atom stereocenters. The molecule has 0 amide bonds. The Morgan fingerprint density at radius 2 is 1.95 bits per heavy atom. The van der Waals surface area contributed by atoms with E-state index >= 15 is 0 Å². The molecule has 0 aromatic carbocycles. The number of aryl methyl sites for hydroxylation is 2. The monoisotopic (exact) mass is 296 g/mol. The molecule has 20 heavy (non-hydrogen) atoms. The summed E-state index contributed by atoms with van der Waals surface area (Å²) < 4.78 is 0. The third-order valence-electron chi connectivity index (χ3n) is 4.63. The van der Waals surface area contributed by atoms with Crippen LogP contribution in [-0.4, -0.2) is 22.2 Å². The molecule has 0 atom stereocenters. The summed E-state index contributed by atoms with van der Waals surface area (Å²) in [6.07, 6.45) is 4.09. The first kappa shape index (κ1) is 15.9. The minimum Gasteiger partial charge on any atom is -0.389 e. The van der Waals surface area contributed by atoms with Gasteiger partial charge >= 0.3 is 0 Å². The van der Waals surface area contributed by atoms with Crippen molar-refractivity contribution in [3.05, 3.63) is 15.6 Å². The molecule has 2 rings (SSSR count). The molecule has 1 aliphatic rings. The molecule has 114 valence electrons. The van der Waals surface area contributed by atoms with Gasteiger partial charge in [0, 0.05) is 11.4 Å². The quantitative estimate of drug-likeness (QED) is 0.893. The van der Waals surface area contributed by atoms with Gasteiger partial charge in [-0.25, -0.2) is 4.98 Å². The Bertz CT molecular complexity index is 440. The van der Waals surface area contributed by atoms with Gasteiger partial charge in [0.2, 0.25) is 0 Å². The highest BCUT2D eigenvalue weighted by atomic mass is 32.1. The second-order valence-electron chi connectivity index (χ2n) is 7.05. The average Bonchev–Trinajstić information content (AvgIpc) is 2.73. The van der Waals surface area contributed by atoms with E-state index in [-0.39, 0.29) is 5.54 Å². The maximum Gasteiger partial charge on any atom is 0.113 e. The minimum absolute atomic E-state index is 0.178. The van der Waals surface area contributed by atoms with Crippen molar-refractivity contribution >= 4 is 11.3 Å². The lowest BCUT2D eigenvalue weighted by atomic mass is 9.79. The van der Waals surface area contributed by atoms with Crippen LogP contribution in [0.4, 0.5) is 0 Å². The van der Waals surface area contributed by atoms with Gasteiger partial charge in [-0.2, -0.15) is 0 Å². The van der Waals surface area contributed by atoms with Gasteiger partial charge in [0.05, 0.1) is 16.8 Å². The molecule has 1 fully saturated rings. The highest BCUT2D eigenvalue weighted by Crippen LogP contribution is 2.33. The van der Waals surface area contributed by atoms with Gasteiger partial charge in [-0.05, 0) is 59.3 Å². The molecular formula is C16H28N2OS. The van der Waals surface area contributed by atoms with Crippen molar-refractivity contribution < 1.29 is 5.11 Å². The summed E-state index contributed by atoms with van der Waals surface area (Å²) in [6.45, 7) is 11.4. The SMILES string of the molecule is Cc1nc(C(C)(C)NCC2(O)CCC(C)CC2)sc1C. The molecule has 1 aromatic heterocycles. The van der Waals surface area contributed by atoms with Gasteiger partial charge in [-0.15, -0.1) is 11.3 Å². The van der Waals surface area contributed by atoms with Crippen molar-refractivity contribution in [3.63, 3.8) is 0 Å². The second kappa shape index (κ2) is 5.74. The summed E-state index contributed by atoms with van der Waals surface area (Å²) in [6, 6.07) is 0. The van der Waals surface area contributed by atoms with Gasteiger partial charge in [-0.3, -0.25) is 0 Å². The standard InChI is InChI=1S/C16H28N2OS/c1-11-6-8-16(19,9-7-11)10-17-15(4,5)14-18-12(2)13(3)20-14/h11,17,19H,6-10H2,1-5H3. The lowest BCUT2D eigenvalue weighted by Gasteiger charge is -2.37.